The standard InChI is InChI=1S/C13H17N3O2/c1-8-4-12(17)10(6-15-8)13(18)16-3-2-9-5-14-7-11(9)16/h4,6,9,11,14H,2-3,5,7H2,1H3,(H,15,17)/t9-,11+/m0/s1. The third-order valence-corrected chi connectivity index (χ3v) is 3.99. The van der Waals surface area contributed by atoms with Crippen LogP contribution in [0.2, 0.25) is 0 Å². The lowest BCUT2D eigenvalue weighted by Gasteiger charge is -2.23. The van der Waals surface area contributed by atoms with Gasteiger partial charge in [0.1, 0.15) is 5.56 Å². The number of nitrogens with one attached hydrogen (secondary N) is 2. The van der Waals surface area contributed by atoms with E-state index in [9.17, 15) is 9.59 Å². The summed E-state index contributed by atoms with van der Waals surface area (Å²) >= 11 is 0. The fourth-order valence-electron chi connectivity index (χ4n) is 3.00. The average molecular weight is 247 g/mol. The number of likely N-dealkylation sites (tertiary alicyclic amines) is 1. The van der Waals surface area contributed by atoms with E-state index >= 15 is 0 Å². The minimum absolute atomic E-state index is 0.132. The van der Waals surface area contributed by atoms with E-state index in [1.807, 2.05) is 11.8 Å². The summed E-state index contributed by atoms with van der Waals surface area (Å²) in [6.45, 7) is 4.41. The quantitative estimate of drug-likeness (QED) is 0.740. The highest BCUT2D eigenvalue weighted by Gasteiger charge is 2.40. The molecule has 0 saturated carbocycles. The van der Waals surface area contributed by atoms with Crippen LogP contribution in [-0.2, 0) is 0 Å². The van der Waals surface area contributed by atoms with Gasteiger partial charge in [0, 0.05) is 43.6 Å². The van der Waals surface area contributed by atoms with Gasteiger partial charge in [-0.2, -0.15) is 0 Å². The van der Waals surface area contributed by atoms with Crippen LogP contribution in [-0.4, -0.2) is 41.5 Å². The Kier molecular flexibility index (Phi) is 2.70. The van der Waals surface area contributed by atoms with Crippen molar-refractivity contribution in [1.82, 2.24) is 15.2 Å². The summed E-state index contributed by atoms with van der Waals surface area (Å²) in [5.41, 5.74) is 0.845. The van der Waals surface area contributed by atoms with Crippen molar-refractivity contribution in [2.45, 2.75) is 19.4 Å². The molecule has 0 aliphatic carbocycles. The molecule has 96 valence electrons. The van der Waals surface area contributed by atoms with Gasteiger partial charge in [-0.25, -0.2) is 0 Å². The van der Waals surface area contributed by atoms with Gasteiger partial charge in [0.05, 0.1) is 0 Å². The topological polar surface area (TPSA) is 65.2 Å². The number of aromatic nitrogens is 1. The van der Waals surface area contributed by atoms with Crippen LogP contribution in [0.4, 0.5) is 0 Å². The maximum Gasteiger partial charge on any atom is 0.259 e. The zero-order valence-corrected chi connectivity index (χ0v) is 10.4. The number of pyridine rings is 1. The second-order valence-corrected chi connectivity index (χ2v) is 5.17. The normalized spacial score (nSPS) is 26.4. The SMILES string of the molecule is Cc1cc(=O)c(C(=O)N2CC[C@H]3CNC[C@H]32)c[nH]1. The molecule has 0 bridgehead atoms. The molecule has 5 nitrogen and oxygen atoms in total. The first kappa shape index (κ1) is 11.5. The van der Waals surface area contributed by atoms with Gasteiger partial charge in [0.15, 0.2) is 5.43 Å². The summed E-state index contributed by atoms with van der Waals surface area (Å²) in [6, 6.07) is 1.74. The second kappa shape index (κ2) is 4.24. The third kappa shape index (κ3) is 1.75. The Balaban J connectivity index is 1.88. The number of aryl methyl sites for hydroxylation is 1. The predicted molar refractivity (Wildman–Crippen MR) is 67.6 cm³/mol. The van der Waals surface area contributed by atoms with Crippen LogP contribution in [0.15, 0.2) is 17.1 Å². The summed E-state index contributed by atoms with van der Waals surface area (Å²) < 4.78 is 0. The largest absolute Gasteiger partial charge is 0.364 e. The third-order valence-electron chi connectivity index (χ3n) is 3.99. The van der Waals surface area contributed by atoms with Crippen LogP contribution in [0.1, 0.15) is 22.5 Å². The molecule has 2 saturated heterocycles. The molecule has 2 aliphatic heterocycles. The smallest absolute Gasteiger partial charge is 0.259 e. The first-order valence-corrected chi connectivity index (χ1v) is 6.38. The van der Waals surface area contributed by atoms with Crippen LogP contribution < -0.4 is 10.7 Å². The Bertz CT molecular complexity index is 537. The summed E-state index contributed by atoms with van der Waals surface area (Å²) in [7, 11) is 0. The van der Waals surface area contributed by atoms with Crippen molar-refractivity contribution < 1.29 is 4.79 Å². The highest BCUT2D eigenvalue weighted by molar-refractivity contribution is 5.94. The minimum atomic E-state index is -0.189. The van der Waals surface area contributed by atoms with Crippen LogP contribution in [0.25, 0.3) is 0 Å². The maximum atomic E-state index is 12.4. The van der Waals surface area contributed by atoms with Crippen molar-refractivity contribution in [3.05, 3.63) is 33.7 Å². The van der Waals surface area contributed by atoms with Crippen LogP contribution in [0, 0.1) is 12.8 Å². The molecule has 1 amide bonds. The van der Waals surface area contributed by atoms with E-state index < -0.39 is 0 Å². The molecule has 2 fully saturated rings. The molecule has 0 spiro atoms. The van der Waals surface area contributed by atoms with Gasteiger partial charge in [-0.3, -0.25) is 9.59 Å². The number of hydrogen-bond donors (Lipinski definition) is 2. The Morgan fingerprint density at radius 2 is 2.28 bits per heavy atom. The molecule has 3 heterocycles. The van der Waals surface area contributed by atoms with E-state index in [4.69, 9.17) is 0 Å². The molecule has 3 rings (SSSR count). The molecular formula is C13H17N3O2. The van der Waals surface area contributed by atoms with Crippen molar-refractivity contribution in [3.63, 3.8) is 0 Å². The molecule has 1 aromatic heterocycles. The highest BCUT2D eigenvalue weighted by atomic mass is 16.2. The van der Waals surface area contributed by atoms with E-state index in [0.29, 0.717) is 5.92 Å². The number of amides is 1. The van der Waals surface area contributed by atoms with Gasteiger partial charge >= 0.3 is 0 Å². The second-order valence-electron chi connectivity index (χ2n) is 5.17. The van der Waals surface area contributed by atoms with Crippen LogP contribution >= 0.6 is 0 Å². The monoisotopic (exact) mass is 247 g/mol. The van der Waals surface area contributed by atoms with Gasteiger partial charge in [-0.15, -0.1) is 0 Å². The number of carbonyl (C=O) groups is 1. The van der Waals surface area contributed by atoms with E-state index in [0.717, 1.165) is 31.7 Å². The zero-order chi connectivity index (χ0) is 12.7. The number of H-pyrrole nitrogens is 1. The predicted octanol–water partition coefficient (Wildman–Crippen LogP) is 0.117. The van der Waals surface area contributed by atoms with Crippen molar-refractivity contribution in [3.8, 4) is 0 Å². The van der Waals surface area contributed by atoms with Crippen LogP contribution in [0.5, 0.6) is 0 Å². The van der Waals surface area contributed by atoms with E-state index in [1.54, 1.807) is 0 Å². The van der Waals surface area contributed by atoms with Crippen molar-refractivity contribution in [1.29, 1.82) is 0 Å². The van der Waals surface area contributed by atoms with Crippen molar-refractivity contribution in [2.75, 3.05) is 19.6 Å². The van der Waals surface area contributed by atoms with Gasteiger partial charge < -0.3 is 15.2 Å². The summed E-state index contributed by atoms with van der Waals surface area (Å²) in [6.07, 6.45) is 2.57. The van der Waals surface area contributed by atoms with Crippen molar-refractivity contribution in [2.24, 2.45) is 5.92 Å². The maximum absolute atomic E-state index is 12.4. The number of rotatable bonds is 1. The van der Waals surface area contributed by atoms with E-state index in [-0.39, 0.29) is 22.9 Å². The van der Waals surface area contributed by atoms with Gasteiger partial charge in [0.2, 0.25) is 0 Å². The molecule has 5 heteroatoms. The summed E-state index contributed by atoms with van der Waals surface area (Å²) in [5, 5.41) is 3.30. The first-order chi connectivity index (χ1) is 8.66. The Morgan fingerprint density at radius 3 is 3.06 bits per heavy atom. The average Bonchev–Trinajstić information content (AvgIpc) is 2.89. The number of nitrogens with zero attached hydrogens (tertiary/aromatic N) is 1. The fraction of sp³-hybridized carbons (Fsp3) is 0.538. The highest BCUT2D eigenvalue weighted by Crippen LogP contribution is 2.27. The molecule has 18 heavy (non-hydrogen) atoms. The number of hydrogen-bond acceptors (Lipinski definition) is 3. The Hall–Kier alpha value is -1.62. The molecule has 0 radical (unpaired) electrons. The van der Waals surface area contributed by atoms with Gasteiger partial charge in [-0.1, -0.05) is 0 Å². The minimum Gasteiger partial charge on any atom is -0.364 e. The molecule has 2 atom stereocenters. The molecule has 0 unspecified atom stereocenters. The Morgan fingerprint density at radius 1 is 1.44 bits per heavy atom. The van der Waals surface area contributed by atoms with Crippen LogP contribution in [0.3, 0.4) is 0 Å². The van der Waals surface area contributed by atoms with E-state index in [1.165, 1.54) is 12.3 Å². The lowest BCUT2D eigenvalue weighted by molar-refractivity contribution is 0.0735. The molecular weight excluding hydrogens is 230 g/mol. The number of fused-ring (bicyclic) bond motifs is 1. The van der Waals surface area contributed by atoms with Gasteiger partial charge in [0.25, 0.3) is 5.91 Å². The molecule has 0 aromatic carbocycles. The molecule has 2 aliphatic rings. The number of aromatic amines is 1. The number of carbonyl (C=O) groups excluding carboxylic acids is 1. The molecule has 1 aromatic rings. The van der Waals surface area contributed by atoms with Gasteiger partial charge in [-0.05, 0) is 19.3 Å². The van der Waals surface area contributed by atoms with E-state index in [2.05, 4.69) is 10.3 Å². The summed E-state index contributed by atoms with van der Waals surface area (Å²) in [4.78, 5) is 29.0. The fourth-order valence-corrected chi connectivity index (χ4v) is 3.00. The molecule has 2 N–H and O–H groups in total. The zero-order valence-electron chi connectivity index (χ0n) is 10.4. The Labute approximate surface area is 105 Å². The lowest BCUT2D eigenvalue weighted by Crippen LogP contribution is -2.40. The first-order valence-electron chi connectivity index (χ1n) is 6.38. The summed E-state index contributed by atoms with van der Waals surface area (Å²) in [5.74, 6) is 0.422. The lowest BCUT2D eigenvalue weighted by atomic mass is 10.0. The van der Waals surface area contributed by atoms with Crippen molar-refractivity contribution >= 4 is 5.91 Å².